The number of nitrogens with one attached hydrogen (secondary N) is 2. The van der Waals surface area contributed by atoms with Gasteiger partial charge in [-0.2, -0.15) is 0 Å². The maximum Gasteiger partial charge on any atom is 0.277 e. The number of thioether (sulfide) groups is 1. The topological polar surface area (TPSA) is 97.1 Å². The van der Waals surface area contributed by atoms with Crippen LogP contribution in [0.2, 0.25) is 0 Å². The van der Waals surface area contributed by atoms with E-state index in [-0.39, 0.29) is 17.6 Å². The van der Waals surface area contributed by atoms with Crippen molar-refractivity contribution in [1.29, 1.82) is 0 Å². The van der Waals surface area contributed by atoms with Gasteiger partial charge in [-0.15, -0.1) is 10.2 Å². The predicted octanol–water partition coefficient (Wildman–Crippen LogP) is 5.09. The Balaban J connectivity index is 1.30. The minimum absolute atomic E-state index is 0.117. The Morgan fingerprint density at radius 2 is 1.79 bits per heavy atom. The largest absolute Gasteiger partial charge is 0.416 e. The number of benzene rings is 2. The first-order chi connectivity index (χ1) is 16.1. The van der Waals surface area contributed by atoms with Crippen LogP contribution >= 0.6 is 11.8 Å². The van der Waals surface area contributed by atoms with Crippen LogP contribution in [0.1, 0.15) is 65.4 Å². The molecule has 1 aliphatic rings. The monoisotopic (exact) mass is 464 g/mol. The Morgan fingerprint density at radius 3 is 2.58 bits per heavy atom. The van der Waals surface area contributed by atoms with Crippen molar-refractivity contribution in [3.63, 3.8) is 0 Å². The third-order valence-corrected chi connectivity index (χ3v) is 6.54. The van der Waals surface area contributed by atoms with E-state index in [0.717, 1.165) is 18.4 Å². The summed E-state index contributed by atoms with van der Waals surface area (Å²) < 4.78 is 5.76. The highest BCUT2D eigenvalue weighted by atomic mass is 32.2. The lowest BCUT2D eigenvalue weighted by Crippen LogP contribution is -2.25. The van der Waals surface area contributed by atoms with Gasteiger partial charge in [0.1, 0.15) is 0 Å². The summed E-state index contributed by atoms with van der Waals surface area (Å²) in [7, 11) is 0. The van der Waals surface area contributed by atoms with Gasteiger partial charge >= 0.3 is 0 Å². The Bertz CT molecular complexity index is 1090. The highest BCUT2D eigenvalue weighted by Gasteiger charge is 2.22. The third kappa shape index (κ3) is 6.44. The molecule has 172 valence electrons. The van der Waals surface area contributed by atoms with Crippen molar-refractivity contribution in [3.05, 3.63) is 71.1 Å². The molecule has 0 bridgehead atoms. The predicted molar refractivity (Wildman–Crippen MR) is 128 cm³/mol. The van der Waals surface area contributed by atoms with Crippen LogP contribution in [0.3, 0.4) is 0 Å². The van der Waals surface area contributed by atoms with E-state index in [1.54, 1.807) is 24.3 Å². The molecule has 1 fully saturated rings. The zero-order chi connectivity index (χ0) is 23.0. The Morgan fingerprint density at radius 1 is 1.03 bits per heavy atom. The molecule has 2 amide bonds. The molecule has 0 unspecified atom stereocenters. The average molecular weight is 465 g/mol. The normalized spacial score (nSPS) is 14.1. The highest BCUT2D eigenvalue weighted by Crippen LogP contribution is 2.33. The van der Waals surface area contributed by atoms with Crippen molar-refractivity contribution in [2.24, 2.45) is 0 Å². The first-order valence-corrected chi connectivity index (χ1v) is 12.3. The molecule has 1 aliphatic carbocycles. The second kappa shape index (κ2) is 11.1. The number of rotatable bonds is 8. The number of nitrogens with zero attached hydrogens (tertiary/aromatic N) is 2. The molecule has 3 aromatic rings. The molecule has 1 aromatic heterocycles. The molecule has 2 aromatic carbocycles. The van der Waals surface area contributed by atoms with Crippen molar-refractivity contribution in [1.82, 2.24) is 15.5 Å². The lowest BCUT2D eigenvalue weighted by Gasteiger charge is -2.17. The number of hydrogen-bond acceptors (Lipinski definition) is 6. The molecule has 7 nitrogen and oxygen atoms in total. The summed E-state index contributed by atoms with van der Waals surface area (Å²) in [5.41, 5.74) is 3.07. The molecular formula is C25H28N4O3S. The quantitative estimate of drug-likeness (QED) is 0.451. The van der Waals surface area contributed by atoms with Crippen LogP contribution in [0.25, 0.3) is 0 Å². The summed E-state index contributed by atoms with van der Waals surface area (Å²) in [6.45, 7) is 2.44. The summed E-state index contributed by atoms with van der Waals surface area (Å²) in [4.78, 5) is 25.2. The smallest absolute Gasteiger partial charge is 0.277 e. The summed E-state index contributed by atoms with van der Waals surface area (Å²) in [6.07, 6.45) is 5.80. The lowest BCUT2D eigenvalue weighted by atomic mass is 9.89. The van der Waals surface area contributed by atoms with E-state index in [2.05, 4.69) is 20.8 Å². The van der Waals surface area contributed by atoms with Crippen molar-refractivity contribution in [3.8, 4) is 0 Å². The molecule has 0 spiro atoms. The minimum Gasteiger partial charge on any atom is -0.416 e. The van der Waals surface area contributed by atoms with Crippen molar-refractivity contribution in [2.75, 3.05) is 11.1 Å². The molecule has 0 atom stereocenters. The number of aromatic nitrogens is 2. The molecule has 0 saturated heterocycles. The van der Waals surface area contributed by atoms with Crippen LogP contribution in [0, 0.1) is 6.92 Å². The van der Waals surface area contributed by atoms with Crippen LogP contribution in [0.5, 0.6) is 0 Å². The van der Waals surface area contributed by atoms with Gasteiger partial charge in [-0.1, -0.05) is 73.0 Å². The van der Waals surface area contributed by atoms with Crippen LogP contribution < -0.4 is 10.6 Å². The van der Waals surface area contributed by atoms with Gasteiger partial charge in [-0.05, 0) is 37.5 Å². The van der Waals surface area contributed by atoms with Gasteiger partial charge in [-0.25, -0.2) is 0 Å². The first kappa shape index (κ1) is 23.0. The number of carbonyl (C=O) groups is 2. The Labute approximate surface area is 197 Å². The second-order valence-electron chi connectivity index (χ2n) is 8.29. The maximum absolute atomic E-state index is 12.7. The fourth-order valence-electron chi connectivity index (χ4n) is 3.88. The van der Waals surface area contributed by atoms with Crippen LogP contribution in [0.15, 0.2) is 58.2 Å². The molecule has 0 radical (unpaired) electrons. The average Bonchev–Trinajstić information content (AvgIpc) is 3.32. The van der Waals surface area contributed by atoms with Crippen LogP contribution in [-0.2, 0) is 11.3 Å². The Hall–Kier alpha value is -3.13. The number of anilines is 1. The number of para-hydroxylation sites is 1. The van der Waals surface area contributed by atoms with Crippen LogP contribution in [-0.4, -0.2) is 27.8 Å². The number of aryl methyl sites for hydroxylation is 1. The zero-order valence-corrected chi connectivity index (χ0v) is 19.5. The van der Waals surface area contributed by atoms with Gasteiger partial charge < -0.3 is 15.1 Å². The van der Waals surface area contributed by atoms with Gasteiger partial charge in [-0.3, -0.25) is 9.59 Å². The molecular weight excluding hydrogens is 436 g/mol. The van der Waals surface area contributed by atoms with E-state index in [1.165, 1.54) is 36.6 Å². The summed E-state index contributed by atoms with van der Waals surface area (Å²) in [5, 5.41) is 14.4. The van der Waals surface area contributed by atoms with E-state index in [9.17, 15) is 9.59 Å². The number of carbonyl (C=O) groups excluding carboxylic acids is 2. The fraction of sp³-hybridized carbons (Fsp3) is 0.360. The molecule has 33 heavy (non-hydrogen) atoms. The van der Waals surface area contributed by atoms with Crippen molar-refractivity contribution in [2.45, 2.75) is 56.7 Å². The lowest BCUT2D eigenvalue weighted by molar-refractivity contribution is -0.113. The summed E-state index contributed by atoms with van der Waals surface area (Å²) in [5.74, 6) is 0.642. The molecule has 1 heterocycles. The SMILES string of the molecule is Cc1ccc(CNC(=O)c2ccccc2NC(=O)CSc2nnc(C3CCCCC3)o2)cc1. The molecule has 1 saturated carbocycles. The van der Waals surface area contributed by atoms with Crippen molar-refractivity contribution >= 4 is 29.3 Å². The molecule has 8 heteroatoms. The van der Waals surface area contributed by atoms with Crippen molar-refractivity contribution < 1.29 is 14.0 Å². The molecule has 2 N–H and O–H groups in total. The van der Waals surface area contributed by atoms with E-state index >= 15 is 0 Å². The van der Waals surface area contributed by atoms with Gasteiger partial charge in [0, 0.05) is 12.5 Å². The van der Waals surface area contributed by atoms with Crippen LogP contribution in [0.4, 0.5) is 5.69 Å². The summed E-state index contributed by atoms with van der Waals surface area (Å²) >= 11 is 1.20. The highest BCUT2D eigenvalue weighted by molar-refractivity contribution is 7.99. The number of hydrogen-bond donors (Lipinski definition) is 2. The maximum atomic E-state index is 12.7. The zero-order valence-electron chi connectivity index (χ0n) is 18.7. The Kier molecular flexibility index (Phi) is 7.78. The third-order valence-electron chi connectivity index (χ3n) is 5.72. The fourth-order valence-corrected chi connectivity index (χ4v) is 4.45. The van der Waals surface area contributed by atoms with Gasteiger partial charge in [0.25, 0.3) is 11.1 Å². The first-order valence-electron chi connectivity index (χ1n) is 11.3. The van der Waals surface area contributed by atoms with Gasteiger partial charge in [0.2, 0.25) is 11.8 Å². The van der Waals surface area contributed by atoms with E-state index < -0.39 is 0 Å². The standard InChI is InChI=1S/C25H28N4O3S/c1-17-11-13-18(14-12-17)15-26-23(31)20-9-5-6-10-21(20)27-22(30)16-33-25-29-28-24(32-25)19-7-3-2-4-8-19/h5-6,9-14,19H,2-4,7-8,15-16H2,1H3,(H,26,31)(H,27,30). The second-order valence-corrected chi connectivity index (χ2v) is 9.22. The van der Waals surface area contributed by atoms with E-state index in [4.69, 9.17) is 4.42 Å². The van der Waals surface area contributed by atoms with E-state index in [0.29, 0.717) is 34.8 Å². The number of amides is 2. The van der Waals surface area contributed by atoms with Gasteiger partial charge in [0.15, 0.2) is 0 Å². The van der Waals surface area contributed by atoms with Gasteiger partial charge in [0.05, 0.1) is 17.0 Å². The minimum atomic E-state index is -0.242. The molecule has 0 aliphatic heterocycles. The van der Waals surface area contributed by atoms with E-state index in [1.807, 2.05) is 31.2 Å². The molecule has 4 rings (SSSR count). The summed E-state index contributed by atoms with van der Waals surface area (Å²) in [6, 6.07) is 15.0.